The van der Waals surface area contributed by atoms with Gasteiger partial charge in [-0.25, -0.2) is 9.37 Å². The van der Waals surface area contributed by atoms with Crippen molar-refractivity contribution < 1.29 is 13.6 Å². The van der Waals surface area contributed by atoms with Gasteiger partial charge in [-0.1, -0.05) is 13.8 Å². The van der Waals surface area contributed by atoms with Crippen LogP contribution in [0.3, 0.4) is 0 Å². The Bertz CT molecular complexity index is 655. The van der Waals surface area contributed by atoms with E-state index in [1.165, 1.54) is 12.1 Å². The maximum Gasteiger partial charge on any atom is 0.227 e. The smallest absolute Gasteiger partial charge is 0.227 e. The first kappa shape index (κ1) is 18.1. The molecule has 0 saturated carbocycles. The van der Waals surface area contributed by atoms with Crippen molar-refractivity contribution in [3.8, 4) is 11.5 Å². The first-order chi connectivity index (χ1) is 11.5. The van der Waals surface area contributed by atoms with Crippen LogP contribution in [-0.4, -0.2) is 24.0 Å². The van der Waals surface area contributed by atoms with E-state index in [0.717, 1.165) is 5.69 Å². The summed E-state index contributed by atoms with van der Waals surface area (Å²) < 4.78 is 18.3. The Morgan fingerprint density at radius 3 is 2.54 bits per heavy atom. The molecule has 1 aromatic carbocycles. The maximum atomic E-state index is 12.9. The minimum Gasteiger partial charge on any atom is -0.444 e. The highest BCUT2D eigenvalue weighted by Crippen LogP contribution is 2.25. The van der Waals surface area contributed by atoms with Crippen LogP contribution in [0.15, 0.2) is 34.9 Å². The third kappa shape index (κ3) is 4.00. The average Bonchev–Trinajstić information content (AvgIpc) is 3.06. The fourth-order valence-corrected chi connectivity index (χ4v) is 2.59. The van der Waals surface area contributed by atoms with Gasteiger partial charge in [-0.05, 0) is 37.1 Å². The van der Waals surface area contributed by atoms with Crippen molar-refractivity contribution in [3.05, 3.63) is 42.0 Å². The molecule has 1 amide bonds. The summed E-state index contributed by atoms with van der Waals surface area (Å²) in [7, 11) is 0. The van der Waals surface area contributed by atoms with Crippen LogP contribution in [0.25, 0.3) is 11.5 Å². The van der Waals surface area contributed by atoms with E-state index >= 15 is 0 Å². The van der Waals surface area contributed by atoms with Crippen molar-refractivity contribution in [3.63, 3.8) is 0 Å². The lowest BCUT2D eigenvalue weighted by Gasteiger charge is -2.28. The molecule has 2 aromatic rings. The molecule has 0 radical (unpaired) electrons. The van der Waals surface area contributed by atoms with Crippen LogP contribution >= 0.6 is 0 Å². The fraction of sp³-hybridized carbons (Fsp3) is 0.444. The predicted octanol–water partition coefficient (Wildman–Crippen LogP) is 2.90. The number of carbonyl (C=O) groups excluding carboxylic acids is 1. The highest BCUT2D eigenvalue weighted by atomic mass is 19.1. The molecule has 0 atom stereocenters. The fourth-order valence-electron chi connectivity index (χ4n) is 2.59. The standard InChI is InChI=1S/C18H24FN3O2/c1-3-18(4-2,12-20)17(23)21-10-9-15-11-24-16(22-15)13-5-7-14(19)8-6-13/h5-8,11H,3-4,9-10,12,20H2,1-2H3,(H,21,23). The summed E-state index contributed by atoms with van der Waals surface area (Å²) in [5, 5.41) is 2.93. The Balaban J connectivity index is 1.92. The van der Waals surface area contributed by atoms with E-state index in [2.05, 4.69) is 10.3 Å². The molecule has 2 rings (SSSR count). The monoisotopic (exact) mass is 333 g/mol. The molecule has 0 fully saturated rings. The van der Waals surface area contributed by atoms with Gasteiger partial charge in [-0.15, -0.1) is 0 Å². The quantitative estimate of drug-likeness (QED) is 0.778. The number of oxazole rings is 1. The first-order valence-corrected chi connectivity index (χ1v) is 8.23. The molecule has 5 nitrogen and oxygen atoms in total. The zero-order valence-electron chi connectivity index (χ0n) is 14.1. The minimum absolute atomic E-state index is 0.0164. The summed E-state index contributed by atoms with van der Waals surface area (Å²) in [5.41, 5.74) is 6.73. The van der Waals surface area contributed by atoms with Crippen LogP contribution in [0.1, 0.15) is 32.4 Å². The van der Waals surface area contributed by atoms with Gasteiger partial charge in [0.1, 0.15) is 12.1 Å². The number of benzene rings is 1. The topological polar surface area (TPSA) is 81.2 Å². The summed E-state index contributed by atoms with van der Waals surface area (Å²) in [6.45, 7) is 4.76. The molecule has 1 heterocycles. The molecule has 1 aromatic heterocycles. The van der Waals surface area contributed by atoms with E-state index in [1.807, 2.05) is 13.8 Å². The van der Waals surface area contributed by atoms with Gasteiger partial charge >= 0.3 is 0 Å². The van der Waals surface area contributed by atoms with E-state index in [4.69, 9.17) is 10.2 Å². The minimum atomic E-state index is -0.497. The van der Waals surface area contributed by atoms with Gasteiger partial charge in [0, 0.05) is 25.1 Å². The number of amides is 1. The largest absolute Gasteiger partial charge is 0.444 e. The Morgan fingerprint density at radius 2 is 1.96 bits per heavy atom. The number of rotatable bonds is 8. The molecule has 3 N–H and O–H groups in total. The molecule has 0 aliphatic rings. The summed E-state index contributed by atoms with van der Waals surface area (Å²) in [5.74, 6) is 0.121. The third-order valence-electron chi connectivity index (χ3n) is 4.54. The lowest BCUT2D eigenvalue weighted by atomic mass is 9.81. The second-order valence-corrected chi connectivity index (χ2v) is 5.85. The van der Waals surface area contributed by atoms with E-state index < -0.39 is 5.41 Å². The van der Waals surface area contributed by atoms with Gasteiger partial charge in [-0.2, -0.15) is 0 Å². The molecule has 6 heteroatoms. The molecule has 0 saturated heterocycles. The van der Waals surface area contributed by atoms with Gasteiger partial charge in [0.25, 0.3) is 0 Å². The lowest BCUT2D eigenvalue weighted by molar-refractivity contribution is -0.131. The zero-order valence-corrected chi connectivity index (χ0v) is 14.1. The summed E-state index contributed by atoms with van der Waals surface area (Å²) >= 11 is 0. The molecular weight excluding hydrogens is 309 g/mol. The second kappa shape index (κ2) is 8.06. The molecule has 0 aliphatic carbocycles. The number of aromatic nitrogens is 1. The first-order valence-electron chi connectivity index (χ1n) is 8.23. The van der Waals surface area contributed by atoms with Gasteiger partial charge in [0.15, 0.2) is 0 Å². The molecule has 130 valence electrons. The summed E-state index contributed by atoms with van der Waals surface area (Å²) in [6.07, 6.45) is 3.54. The van der Waals surface area contributed by atoms with Crippen molar-refractivity contribution in [1.29, 1.82) is 0 Å². The van der Waals surface area contributed by atoms with Crippen LogP contribution in [0.4, 0.5) is 4.39 Å². The highest BCUT2D eigenvalue weighted by molar-refractivity contribution is 5.82. The van der Waals surface area contributed by atoms with Gasteiger partial charge in [0.2, 0.25) is 11.8 Å². The van der Waals surface area contributed by atoms with Crippen molar-refractivity contribution in [2.45, 2.75) is 33.1 Å². The number of nitrogens with one attached hydrogen (secondary N) is 1. The predicted molar refractivity (Wildman–Crippen MR) is 90.7 cm³/mol. The van der Waals surface area contributed by atoms with Gasteiger partial charge < -0.3 is 15.5 Å². The molecule has 0 unspecified atom stereocenters. The Kier molecular flexibility index (Phi) is 6.09. The average molecular weight is 333 g/mol. The van der Waals surface area contributed by atoms with Crippen molar-refractivity contribution in [2.24, 2.45) is 11.1 Å². The van der Waals surface area contributed by atoms with Crippen molar-refractivity contribution >= 4 is 5.91 Å². The van der Waals surface area contributed by atoms with Crippen molar-refractivity contribution in [2.75, 3.05) is 13.1 Å². The number of halogens is 1. The van der Waals surface area contributed by atoms with E-state index in [1.54, 1.807) is 18.4 Å². The van der Waals surface area contributed by atoms with E-state index in [9.17, 15) is 9.18 Å². The van der Waals surface area contributed by atoms with Crippen LogP contribution < -0.4 is 11.1 Å². The van der Waals surface area contributed by atoms with E-state index in [-0.39, 0.29) is 11.7 Å². The van der Waals surface area contributed by atoms with Crippen LogP contribution in [0.5, 0.6) is 0 Å². The number of nitrogens with zero attached hydrogens (tertiary/aromatic N) is 1. The number of hydrogen-bond donors (Lipinski definition) is 2. The molecule has 0 bridgehead atoms. The lowest BCUT2D eigenvalue weighted by Crippen LogP contribution is -2.45. The van der Waals surface area contributed by atoms with E-state index in [0.29, 0.717) is 43.8 Å². The summed E-state index contributed by atoms with van der Waals surface area (Å²) in [6, 6.07) is 5.96. The van der Waals surface area contributed by atoms with Gasteiger partial charge in [0.05, 0.1) is 11.1 Å². The molecular formula is C18H24FN3O2. The van der Waals surface area contributed by atoms with Crippen LogP contribution in [-0.2, 0) is 11.2 Å². The normalized spacial score (nSPS) is 11.5. The Hall–Kier alpha value is -2.21. The van der Waals surface area contributed by atoms with Crippen LogP contribution in [0, 0.1) is 11.2 Å². The number of nitrogens with two attached hydrogens (primary N) is 1. The zero-order chi connectivity index (χ0) is 17.6. The van der Waals surface area contributed by atoms with Gasteiger partial charge in [-0.3, -0.25) is 4.79 Å². The SMILES string of the molecule is CCC(CC)(CN)C(=O)NCCc1coc(-c2ccc(F)cc2)n1. The number of hydrogen-bond acceptors (Lipinski definition) is 4. The second-order valence-electron chi connectivity index (χ2n) is 5.85. The number of carbonyl (C=O) groups is 1. The third-order valence-corrected chi connectivity index (χ3v) is 4.54. The maximum absolute atomic E-state index is 12.9. The Morgan fingerprint density at radius 1 is 1.29 bits per heavy atom. The highest BCUT2D eigenvalue weighted by Gasteiger charge is 2.32. The molecule has 24 heavy (non-hydrogen) atoms. The molecule has 0 spiro atoms. The Labute approximate surface area is 141 Å². The van der Waals surface area contributed by atoms with Crippen LogP contribution in [0.2, 0.25) is 0 Å². The summed E-state index contributed by atoms with van der Waals surface area (Å²) in [4.78, 5) is 16.7. The van der Waals surface area contributed by atoms with Crippen molar-refractivity contribution in [1.82, 2.24) is 10.3 Å². The molecule has 0 aliphatic heterocycles.